The molecule has 5 nitrogen and oxygen atoms in total. The first-order valence-electron chi connectivity index (χ1n) is 12.3. The van der Waals surface area contributed by atoms with Crippen molar-refractivity contribution < 1.29 is 18.8 Å². The van der Waals surface area contributed by atoms with E-state index in [0.29, 0.717) is 18.9 Å². The Morgan fingerprint density at radius 2 is 1.10 bits per heavy atom. The van der Waals surface area contributed by atoms with Gasteiger partial charge >= 0.3 is 7.60 Å². The summed E-state index contributed by atoms with van der Waals surface area (Å²) in [4.78, 5) is 0. The van der Waals surface area contributed by atoms with Crippen LogP contribution in [-0.2, 0) is 13.6 Å². The van der Waals surface area contributed by atoms with E-state index in [1.807, 2.05) is 0 Å². The van der Waals surface area contributed by atoms with E-state index in [1.165, 1.54) is 51.4 Å². The van der Waals surface area contributed by atoms with Gasteiger partial charge in [0.05, 0.1) is 24.6 Å². The lowest BCUT2D eigenvalue weighted by molar-refractivity contribution is 0.195. The van der Waals surface area contributed by atoms with E-state index in [1.54, 1.807) is 13.8 Å². The van der Waals surface area contributed by atoms with E-state index in [2.05, 4.69) is 32.9 Å². The molecule has 0 aromatic carbocycles. The minimum absolute atomic E-state index is 0.390. The number of nitrogens with zero attached hydrogens (tertiary/aromatic N) is 1. The highest BCUT2D eigenvalue weighted by Gasteiger charge is 2.34. The molecular weight excluding hydrogens is 397 g/mol. The number of unbranched alkanes of at least 4 members (excludes halogenated alkanes) is 8. The Balaban J connectivity index is 4.21. The molecule has 0 aromatic heterocycles. The van der Waals surface area contributed by atoms with Gasteiger partial charge in [-0.1, -0.05) is 97.1 Å². The molecule has 0 heterocycles. The Hall–Kier alpha value is -0.380. The molecule has 1 N–H and O–H groups in total. The summed E-state index contributed by atoms with van der Waals surface area (Å²) in [6, 6.07) is 0. The van der Waals surface area contributed by atoms with Crippen molar-refractivity contribution in [3.05, 3.63) is 0 Å². The van der Waals surface area contributed by atoms with E-state index in [4.69, 9.17) is 14.3 Å². The van der Waals surface area contributed by atoms with E-state index < -0.39 is 13.3 Å². The molecule has 0 rings (SSSR count). The highest BCUT2D eigenvalue weighted by molar-refractivity contribution is 7.55. The van der Waals surface area contributed by atoms with Crippen molar-refractivity contribution in [2.45, 2.75) is 124 Å². The molecule has 6 heteroatoms. The van der Waals surface area contributed by atoms with Gasteiger partial charge in [-0.3, -0.25) is 4.57 Å². The van der Waals surface area contributed by atoms with Crippen molar-refractivity contribution in [2.75, 3.05) is 13.2 Å². The highest BCUT2D eigenvalue weighted by Crippen LogP contribution is 2.53. The molecule has 0 aromatic rings. The van der Waals surface area contributed by atoms with E-state index >= 15 is 0 Å². The molecule has 0 bridgehead atoms. The third-order valence-electron chi connectivity index (χ3n) is 5.63. The van der Waals surface area contributed by atoms with Crippen LogP contribution in [0.25, 0.3) is 0 Å². The summed E-state index contributed by atoms with van der Waals surface area (Å²) in [6.45, 7) is 13.3. The predicted molar refractivity (Wildman–Crippen MR) is 129 cm³/mol. The molecule has 1 atom stereocenters. The van der Waals surface area contributed by atoms with Crippen LogP contribution in [0.1, 0.15) is 119 Å². The summed E-state index contributed by atoms with van der Waals surface area (Å²) in [7, 11) is -3.32. The molecule has 1 unspecified atom stereocenters. The molecular formula is C24H50NO4P. The maximum Gasteiger partial charge on any atom is 0.339 e. The van der Waals surface area contributed by atoms with Gasteiger partial charge in [0.25, 0.3) is 0 Å². The lowest BCUT2D eigenvalue weighted by Gasteiger charge is -2.24. The summed E-state index contributed by atoms with van der Waals surface area (Å²) < 4.78 is 24.8. The van der Waals surface area contributed by atoms with Crippen LogP contribution in [0.3, 0.4) is 0 Å². The summed E-state index contributed by atoms with van der Waals surface area (Å²) in [5.74, 6) is 1.55. The second-order valence-corrected chi connectivity index (χ2v) is 11.9. The zero-order chi connectivity index (χ0) is 22.8. The monoisotopic (exact) mass is 447 g/mol. The van der Waals surface area contributed by atoms with Gasteiger partial charge in [0.1, 0.15) is 0 Å². The second kappa shape index (κ2) is 18.2. The first-order chi connectivity index (χ1) is 14.2. The third-order valence-corrected chi connectivity index (χ3v) is 8.04. The van der Waals surface area contributed by atoms with Gasteiger partial charge < -0.3 is 14.3 Å². The van der Waals surface area contributed by atoms with Crippen LogP contribution in [-0.4, -0.2) is 29.8 Å². The molecule has 0 aliphatic carbocycles. The van der Waals surface area contributed by atoms with Crippen molar-refractivity contribution in [2.24, 2.45) is 17.0 Å². The summed E-state index contributed by atoms with van der Waals surface area (Å²) in [5, 5.41) is 12.3. The fraction of sp³-hybridized carbons (Fsp3) is 0.958. The lowest BCUT2D eigenvalue weighted by Crippen LogP contribution is -2.18. The summed E-state index contributed by atoms with van der Waals surface area (Å²) in [5.41, 5.74) is -0.139. The Labute approximate surface area is 186 Å². The van der Waals surface area contributed by atoms with E-state index in [0.717, 1.165) is 37.5 Å². The molecule has 0 aliphatic rings. The Morgan fingerprint density at radius 1 is 0.733 bits per heavy atom. The van der Waals surface area contributed by atoms with Crippen LogP contribution >= 0.6 is 7.60 Å². The fourth-order valence-electron chi connectivity index (χ4n) is 3.33. The number of oxime groups is 1. The van der Waals surface area contributed by atoms with Crippen LogP contribution in [0.5, 0.6) is 0 Å². The Kier molecular flexibility index (Phi) is 18.0. The predicted octanol–water partition coefficient (Wildman–Crippen LogP) is 8.44. The lowest BCUT2D eigenvalue weighted by atomic mass is 10.0. The van der Waals surface area contributed by atoms with E-state index in [-0.39, 0.29) is 0 Å². The van der Waals surface area contributed by atoms with Gasteiger partial charge in [0.2, 0.25) is 0 Å². The SMILES string of the molecule is CC(=NO)C(C)P(=O)(OCCCCCCCC(C)C)OCCCCCCCC(C)C. The average Bonchev–Trinajstić information content (AvgIpc) is 2.70. The van der Waals surface area contributed by atoms with E-state index in [9.17, 15) is 4.57 Å². The maximum atomic E-state index is 13.3. The highest BCUT2D eigenvalue weighted by atomic mass is 31.2. The quantitative estimate of drug-likeness (QED) is 0.0668. The Bertz CT molecular complexity index is 452. The molecule has 30 heavy (non-hydrogen) atoms. The fourth-order valence-corrected chi connectivity index (χ4v) is 5.12. The summed E-state index contributed by atoms with van der Waals surface area (Å²) in [6.07, 6.45) is 13.9. The van der Waals surface area contributed by atoms with Gasteiger partial charge in [0.15, 0.2) is 0 Å². The van der Waals surface area contributed by atoms with Crippen molar-refractivity contribution in [3.63, 3.8) is 0 Å². The Morgan fingerprint density at radius 3 is 1.47 bits per heavy atom. The zero-order valence-corrected chi connectivity index (χ0v) is 21.6. The van der Waals surface area contributed by atoms with Gasteiger partial charge in [0, 0.05) is 0 Å². The largest absolute Gasteiger partial charge is 0.411 e. The molecule has 0 radical (unpaired) electrons. The van der Waals surface area contributed by atoms with Crippen LogP contribution in [0.4, 0.5) is 0 Å². The first-order valence-corrected chi connectivity index (χ1v) is 13.9. The smallest absolute Gasteiger partial charge is 0.339 e. The van der Waals surface area contributed by atoms with Crippen molar-refractivity contribution in [1.29, 1.82) is 0 Å². The number of hydrogen-bond donors (Lipinski definition) is 1. The van der Waals surface area contributed by atoms with Gasteiger partial charge in [-0.25, -0.2) is 0 Å². The van der Waals surface area contributed by atoms with Crippen LogP contribution in [0, 0.1) is 11.8 Å². The van der Waals surface area contributed by atoms with Crippen molar-refractivity contribution in [1.82, 2.24) is 0 Å². The topological polar surface area (TPSA) is 68.1 Å². The van der Waals surface area contributed by atoms with Gasteiger partial charge in [-0.15, -0.1) is 0 Å². The first kappa shape index (κ1) is 29.6. The third kappa shape index (κ3) is 15.4. The molecule has 0 saturated carbocycles. The number of rotatable bonds is 20. The number of hydrogen-bond acceptors (Lipinski definition) is 5. The van der Waals surface area contributed by atoms with Crippen LogP contribution in [0.2, 0.25) is 0 Å². The standard InChI is InChI=1S/C24H50NO4P/c1-21(2)17-13-9-7-11-15-19-28-30(27,24(6)23(5)25-26)29-20-16-12-8-10-14-18-22(3)4/h21-22,24,26H,7-20H2,1-6H3. The minimum atomic E-state index is -3.32. The van der Waals surface area contributed by atoms with Crippen LogP contribution < -0.4 is 0 Å². The molecule has 0 spiro atoms. The van der Waals surface area contributed by atoms with Gasteiger partial charge in [-0.05, 0) is 38.5 Å². The zero-order valence-electron chi connectivity index (χ0n) is 20.7. The average molecular weight is 448 g/mol. The van der Waals surface area contributed by atoms with Crippen LogP contribution in [0.15, 0.2) is 5.16 Å². The van der Waals surface area contributed by atoms with Crippen molar-refractivity contribution in [3.8, 4) is 0 Å². The second-order valence-electron chi connectivity index (χ2n) is 9.52. The van der Waals surface area contributed by atoms with Crippen molar-refractivity contribution >= 4 is 13.3 Å². The normalized spacial score (nSPS) is 14.1. The maximum absolute atomic E-state index is 13.3. The minimum Gasteiger partial charge on any atom is -0.411 e. The molecule has 0 fully saturated rings. The molecule has 0 saturated heterocycles. The molecule has 180 valence electrons. The summed E-state index contributed by atoms with van der Waals surface area (Å²) >= 11 is 0. The molecule has 0 aliphatic heterocycles. The molecule has 0 amide bonds. The van der Waals surface area contributed by atoms with Gasteiger partial charge in [-0.2, -0.15) is 0 Å².